The maximum absolute atomic E-state index is 4.43. The van der Waals surface area contributed by atoms with E-state index in [0.29, 0.717) is 0 Å². The van der Waals surface area contributed by atoms with Gasteiger partial charge in [-0.1, -0.05) is 12.1 Å². The zero-order valence-corrected chi connectivity index (χ0v) is 15.2. The second-order valence-electron chi connectivity index (χ2n) is 7.40. The third-order valence-electron chi connectivity index (χ3n) is 5.55. The van der Waals surface area contributed by atoms with Gasteiger partial charge in [-0.2, -0.15) is 0 Å². The number of nitrogens with zero attached hydrogens (tertiary/aromatic N) is 4. The van der Waals surface area contributed by atoms with Crippen LogP contribution in [-0.2, 0) is 19.5 Å². The van der Waals surface area contributed by atoms with Crippen LogP contribution in [0.1, 0.15) is 62.3 Å². The highest BCUT2D eigenvalue weighted by Gasteiger charge is 2.19. The second kappa shape index (κ2) is 7.56. The molecule has 1 aromatic heterocycles. The molecule has 1 saturated heterocycles. The van der Waals surface area contributed by atoms with Gasteiger partial charge in [0, 0.05) is 38.3 Å². The minimum atomic E-state index is 0.223. The van der Waals surface area contributed by atoms with Crippen LogP contribution in [0.5, 0.6) is 0 Å². The first kappa shape index (κ1) is 16.6. The standard InChI is InChI=1S/C20H29N5/c1-16(20-23-22-19-7-3-6-14-25(19)20)21-15-17-8-10-18(11-9-17)24-12-4-2-5-13-24/h8-11,16,21H,2-7,12-15H2,1H3/t16-/m0/s1. The zero-order chi connectivity index (χ0) is 17.1. The lowest BCUT2D eigenvalue weighted by Crippen LogP contribution is -2.29. The fourth-order valence-corrected chi connectivity index (χ4v) is 3.99. The van der Waals surface area contributed by atoms with Crippen LogP contribution >= 0.6 is 0 Å². The predicted octanol–water partition coefficient (Wildman–Crippen LogP) is 3.46. The van der Waals surface area contributed by atoms with Crippen LogP contribution in [0.3, 0.4) is 0 Å². The van der Waals surface area contributed by atoms with Crippen LogP contribution in [-0.4, -0.2) is 27.9 Å². The highest BCUT2D eigenvalue weighted by atomic mass is 15.3. The summed E-state index contributed by atoms with van der Waals surface area (Å²) in [6, 6.07) is 9.27. The molecule has 25 heavy (non-hydrogen) atoms. The van der Waals surface area contributed by atoms with Crippen LogP contribution in [0.15, 0.2) is 24.3 Å². The van der Waals surface area contributed by atoms with Crippen LogP contribution in [0.25, 0.3) is 0 Å². The summed E-state index contributed by atoms with van der Waals surface area (Å²) < 4.78 is 2.31. The molecule has 0 aliphatic carbocycles. The lowest BCUT2D eigenvalue weighted by molar-refractivity contribution is 0.465. The van der Waals surface area contributed by atoms with E-state index in [1.165, 1.54) is 56.4 Å². The molecule has 0 bridgehead atoms. The normalized spacial score (nSPS) is 18.8. The van der Waals surface area contributed by atoms with Gasteiger partial charge in [0.05, 0.1) is 6.04 Å². The monoisotopic (exact) mass is 339 g/mol. The van der Waals surface area contributed by atoms with Crippen molar-refractivity contribution in [2.45, 2.75) is 64.6 Å². The van der Waals surface area contributed by atoms with E-state index in [1.807, 2.05) is 0 Å². The highest BCUT2D eigenvalue weighted by Crippen LogP contribution is 2.21. The Balaban J connectivity index is 1.35. The van der Waals surface area contributed by atoms with Gasteiger partial charge in [0.15, 0.2) is 0 Å². The Morgan fingerprint density at radius 1 is 0.960 bits per heavy atom. The summed E-state index contributed by atoms with van der Waals surface area (Å²) in [5, 5.41) is 12.4. The number of nitrogens with one attached hydrogen (secondary N) is 1. The molecule has 0 amide bonds. The summed E-state index contributed by atoms with van der Waals surface area (Å²) in [4.78, 5) is 2.51. The van der Waals surface area contributed by atoms with Crippen LogP contribution in [0, 0.1) is 0 Å². The van der Waals surface area contributed by atoms with E-state index in [2.05, 4.69) is 56.2 Å². The van der Waals surface area contributed by atoms with Gasteiger partial charge < -0.3 is 14.8 Å². The van der Waals surface area contributed by atoms with Crippen LogP contribution in [0.4, 0.5) is 5.69 Å². The average molecular weight is 339 g/mol. The quantitative estimate of drug-likeness (QED) is 0.906. The van der Waals surface area contributed by atoms with Crippen molar-refractivity contribution in [1.29, 1.82) is 0 Å². The smallest absolute Gasteiger partial charge is 0.149 e. The van der Waals surface area contributed by atoms with E-state index in [9.17, 15) is 0 Å². The molecule has 4 rings (SSSR count). The number of piperidine rings is 1. The molecule has 5 nitrogen and oxygen atoms in total. The molecule has 0 saturated carbocycles. The van der Waals surface area contributed by atoms with E-state index in [0.717, 1.165) is 31.2 Å². The summed E-state index contributed by atoms with van der Waals surface area (Å²) in [5.41, 5.74) is 2.69. The van der Waals surface area contributed by atoms with Gasteiger partial charge in [-0.25, -0.2) is 0 Å². The minimum absolute atomic E-state index is 0.223. The molecular weight excluding hydrogens is 310 g/mol. The maximum Gasteiger partial charge on any atom is 0.149 e. The van der Waals surface area contributed by atoms with Crippen LogP contribution in [0.2, 0.25) is 0 Å². The molecule has 1 aromatic carbocycles. The van der Waals surface area contributed by atoms with Crippen molar-refractivity contribution >= 4 is 5.69 Å². The van der Waals surface area contributed by atoms with E-state index >= 15 is 0 Å². The van der Waals surface area contributed by atoms with E-state index < -0.39 is 0 Å². The Bertz CT molecular complexity index is 685. The summed E-state index contributed by atoms with van der Waals surface area (Å²) in [6.07, 6.45) is 7.57. The summed E-state index contributed by atoms with van der Waals surface area (Å²) in [7, 11) is 0. The summed E-state index contributed by atoms with van der Waals surface area (Å²) in [5.74, 6) is 2.24. The van der Waals surface area contributed by atoms with Crippen molar-refractivity contribution < 1.29 is 0 Å². The first-order valence-corrected chi connectivity index (χ1v) is 9.80. The molecule has 0 unspecified atom stereocenters. The molecule has 3 heterocycles. The maximum atomic E-state index is 4.43. The number of fused-ring (bicyclic) bond motifs is 1. The predicted molar refractivity (Wildman–Crippen MR) is 101 cm³/mol. The number of hydrogen-bond acceptors (Lipinski definition) is 4. The number of aromatic nitrogens is 3. The zero-order valence-electron chi connectivity index (χ0n) is 15.2. The van der Waals surface area contributed by atoms with Crippen molar-refractivity contribution in [3.8, 4) is 0 Å². The lowest BCUT2D eigenvalue weighted by Gasteiger charge is -2.29. The topological polar surface area (TPSA) is 46.0 Å². The number of rotatable bonds is 5. The Hall–Kier alpha value is -1.88. The van der Waals surface area contributed by atoms with E-state index in [1.54, 1.807) is 0 Å². The van der Waals surface area contributed by atoms with Gasteiger partial charge in [0.1, 0.15) is 11.6 Å². The molecular formula is C20H29N5. The Labute approximate surface area is 150 Å². The molecule has 0 spiro atoms. The van der Waals surface area contributed by atoms with Gasteiger partial charge in [-0.3, -0.25) is 0 Å². The molecule has 1 fully saturated rings. The van der Waals surface area contributed by atoms with Crippen LogP contribution < -0.4 is 10.2 Å². The fourth-order valence-electron chi connectivity index (χ4n) is 3.99. The average Bonchev–Trinajstić information content (AvgIpc) is 3.11. The molecule has 2 aliphatic heterocycles. The summed E-state index contributed by atoms with van der Waals surface area (Å²) in [6.45, 7) is 6.52. The van der Waals surface area contributed by atoms with Crippen molar-refractivity contribution in [2.24, 2.45) is 0 Å². The molecule has 2 aliphatic rings. The van der Waals surface area contributed by atoms with E-state index in [-0.39, 0.29) is 6.04 Å². The Morgan fingerprint density at radius 3 is 2.52 bits per heavy atom. The summed E-state index contributed by atoms with van der Waals surface area (Å²) >= 11 is 0. The third-order valence-corrected chi connectivity index (χ3v) is 5.55. The first-order chi connectivity index (χ1) is 12.3. The van der Waals surface area contributed by atoms with Gasteiger partial charge >= 0.3 is 0 Å². The number of anilines is 1. The second-order valence-corrected chi connectivity index (χ2v) is 7.40. The molecule has 134 valence electrons. The molecule has 1 atom stereocenters. The number of aryl methyl sites for hydroxylation is 1. The van der Waals surface area contributed by atoms with Gasteiger partial charge in [-0.05, 0) is 56.7 Å². The number of benzene rings is 1. The third kappa shape index (κ3) is 3.71. The highest BCUT2D eigenvalue weighted by molar-refractivity contribution is 5.47. The molecule has 1 N–H and O–H groups in total. The van der Waals surface area contributed by atoms with Gasteiger partial charge in [0.25, 0.3) is 0 Å². The SMILES string of the molecule is C[C@H](NCc1ccc(N2CCCCC2)cc1)c1nnc2n1CCCC2. The van der Waals surface area contributed by atoms with Crippen molar-refractivity contribution in [3.05, 3.63) is 41.5 Å². The van der Waals surface area contributed by atoms with Crippen molar-refractivity contribution in [2.75, 3.05) is 18.0 Å². The fraction of sp³-hybridized carbons (Fsp3) is 0.600. The number of hydrogen-bond donors (Lipinski definition) is 1. The Kier molecular flexibility index (Phi) is 5.02. The largest absolute Gasteiger partial charge is 0.372 e. The van der Waals surface area contributed by atoms with Gasteiger partial charge in [0.2, 0.25) is 0 Å². The Morgan fingerprint density at radius 2 is 1.72 bits per heavy atom. The lowest BCUT2D eigenvalue weighted by atomic mass is 10.1. The van der Waals surface area contributed by atoms with Crippen molar-refractivity contribution in [1.82, 2.24) is 20.1 Å². The van der Waals surface area contributed by atoms with Crippen molar-refractivity contribution in [3.63, 3.8) is 0 Å². The first-order valence-electron chi connectivity index (χ1n) is 9.80. The molecule has 0 radical (unpaired) electrons. The molecule has 2 aromatic rings. The minimum Gasteiger partial charge on any atom is -0.372 e. The molecule has 5 heteroatoms. The van der Waals surface area contributed by atoms with Gasteiger partial charge in [-0.15, -0.1) is 10.2 Å². The van der Waals surface area contributed by atoms with E-state index in [4.69, 9.17) is 0 Å².